The van der Waals surface area contributed by atoms with E-state index < -0.39 is 0 Å². The van der Waals surface area contributed by atoms with E-state index in [4.69, 9.17) is 5.73 Å². The van der Waals surface area contributed by atoms with Gasteiger partial charge in [0.1, 0.15) is 0 Å². The van der Waals surface area contributed by atoms with Gasteiger partial charge in [0.05, 0.1) is 5.92 Å². The summed E-state index contributed by atoms with van der Waals surface area (Å²) in [6, 6.07) is 15.2. The Morgan fingerprint density at radius 2 is 1.84 bits per heavy atom. The zero-order chi connectivity index (χ0) is 13.8. The molecule has 1 unspecified atom stereocenters. The molecule has 1 amide bonds. The molecule has 2 aromatic carbocycles. The fourth-order valence-electron chi connectivity index (χ4n) is 1.90. The van der Waals surface area contributed by atoms with Crippen LogP contribution < -0.4 is 11.1 Å². The van der Waals surface area contributed by atoms with E-state index >= 15 is 0 Å². The lowest BCUT2D eigenvalue weighted by molar-refractivity contribution is -0.117. The zero-order valence-corrected chi connectivity index (χ0v) is 11.2. The van der Waals surface area contributed by atoms with Crippen molar-refractivity contribution in [2.75, 3.05) is 11.1 Å². The van der Waals surface area contributed by atoms with E-state index in [1.165, 1.54) is 0 Å². The van der Waals surface area contributed by atoms with Crippen LogP contribution in [0.2, 0.25) is 0 Å². The highest BCUT2D eigenvalue weighted by molar-refractivity contribution is 5.95. The molecule has 0 aromatic heterocycles. The molecule has 3 heteroatoms. The number of hydrogen-bond acceptors (Lipinski definition) is 2. The summed E-state index contributed by atoms with van der Waals surface area (Å²) in [6.45, 7) is 3.82. The Hall–Kier alpha value is -2.29. The van der Waals surface area contributed by atoms with Crippen molar-refractivity contribution in [2.24, 2.45) is 0 Å². The molecule has 0 radical (unpaired) electrons. The molecule has 3 nitrogen and oxygen atoms in total. The summed E-state index contributed by atoms with van der Waals surface area (Å²) < 4.78 is 0. The lowest BCUT2D eigenvalue weighted by Gasteiger charge is -2.13. The highest BCUT2D eigenvalue weighted by Crippen LogP contribution is 2.20. The fraction of sp³-hybridized carbons (Fsp3) is 0.188. The minimum Gasteiger partial charge on any atom is -0.399 e. The van der Waals surface area contributed by atoms with Gasteiger partial charge < -0.3 is 11.1 Å². The van der Waals surface area contributed by atoms with E-state index in [0.29, 0.717) is 0 Å². The molecule has 0 fully saturated rings. The number of nitrogen functional groups attached to an aromatic ring is 1. The molecule has 0 heterocycles. The second kappa shape index (κ2) is 5.57. The predicted octanol–water partition coefficient (Wildman–Crippen LogP) is 3.32. The van der Waals surface area contributed by atoms with Crippen molar-refractivity contribution >= 4 is 17.3 Å². The summed E-state index contributed by atoms with van der Waals surface area (Å²) in [5.74, 6) is -0.200. The Morgan fingerprint density at radius 1 is 1.16 bits per heavy atom. The van der Waals surface area contributed by atoms with E-state index in [9.17, 15) is 4.79 Å². The standard InChI is InChI=1S/C16H18N2O/c1-11-10-14(8-9-15(11)17)18-16(19)12(2)13-6-4-3-5-7-13/h3-10,12H,17H2,1-2H3,(H,18,19). The zero-order valence-electron chi connectivity index (χ0n) is 11.2. The Bertz CT molecular complexity index is 579. The van der Waals surface area contributed by atoms with Gasteiger partial charge in [0.15, 0.2) is 0 Å². The summed E-state index contributed by atoms with van der Waals surface area (Å²) >= 11 is 0. The van der Waals surface area contributed by atoms with Crippen LogP contribution >= 0.6 is 0 Å². The van der Waals surface area contributed by atoms with Crippen LogP contribution in [0.1, 0.15) is 24.0 Å². The van der Waals surface area contributed by atoms with E-state index in [1.807, 2.05) is 56.3 Å². The van der Waals surface area contributed by atoms with Gasteiger partial charge in [-0.1, -0.05) is 30.3 Å². The number of rotatable bonds is 3. The quantitative estimate of drug-likeness (QED) is 0.825. The van der Waals surface area contributed by atoms with Crippen LogP contribution in [0, 0.1) is 6.92 Å². The van der Waals surface area contributed by atoms with Crippen molar-refractivity contribution < 1.29 is 4.79 Å². The summed E-state index contributed by atoms with van der Waals surface area (Å²) in [6.07, 6.45) is 0. The molecule has 0 bridgehead atoms. The van der Waals surface area contributed by atoms with Crippen molar-refractivity contribution in [3.05, 3.63) is 59.7 Å². The molecule has 0 aliphatic rings. The first-order chi connectivity index (χ1) is 9.08. The molecule has 0 aliphatic heterocycles. The first-order valence-electron chi connectivity index (χ1n) is 6.30. The molecule has 3 N–H and O–H groups in total. The maximum absolute atomic E-state index is 12.2. The minimum atomic E-state index is -0.181. The third-order valence-electron chi connectivity index (χ3n) is 3.23. The number of nitrogens with two attached hydrogens (primary N) is 1. The van der Waals surface area contributed by atoms with Crippen molar-refractivity contribution in [3.63, 3.8) is 0 Å². The lowest BCUT2D eigenvalue weighted by Crippen LogP contribution is -2.18. The topological polar surface area (TPSA) is 55.1 Å². The van der Waals surface area contributed by atoms with Crippen molar-refractivity contribution in [1.29, 1.82) is 0 Å². The highest BCUT2D eigenvalue weighted by atomic mass is 16.1. The number of amides is 1. The minimum absolute atomic E-state index is 0.0182. The normalized spacial score (nSPS) is 11.9. The molecule has 0 saturated heterocycles. The number of anilines is 2. The summed E-state index contributed by atoms with van der Waals surface area (Å²) in [7, 11) is 0. The number of nitrogens with one attached hydrogen (secondary N) is 1. The third kappa shape index (κ3) is 3.13. The van der Waals surface area contributed by atoms with Crippen LogP contribution in [0.25, 0.3) is 0 Å². The van der Waals surface area contributed by atoms with Gasteiger partial charge in [-0.15, -0.1) is 0 Å². The van der Waals surface area contributed by atoms with Gasteiger partial charge in [-0.2, -0.15) is 0 Å². The molecule has 98 valence electrons. The van der Waals surface area contributed by atoms with Gasteiger partial charge >= 0.3 is 0 Å². The van der Waals surface area contributed by atoms with Crippen LogP contribution in [-0.4, -0.2) is 5.91 Å². The predicted molar refractivity (Wildman–Crippen MR) is 79.1 cm³/mol. The van der Waals surface area contributed by atoms with Gasteiger partial charge in [-0.3, -0.25) is 4.79 Å². The van der Waals surface area contributed by atoms with E-state index in [1.54, 1.807) is 6.07 Å². The van der Waals surface area contributed by atoms with Crippen LogP contribution in [0.3, 0.4) is 0 Å². The van der Waals surface area contributed by atoms with Gasteiger partial charge in [-0.25, -0.2) is 0 Å². The summed E-state index contributed by atoms with van der Waals surface area (Å²) in [5.41, 5.74) is 9.24. The Labute approximate surface area is 113 Å². The average Bonchev–Trinajstić information content (AvgIpc) is 2.43. The molecule has 0 aliphatic carbocycles. The van der Waals surface area contributed by atoms with E-state index in [0.717, 1.165) is 22.5 Å². The second-order valence-electron chi connectivity index (χ2n) is 4.69. The van der Waals surface area contributed by atoms with Crippen LogP contribution in [0.5, 0.6) is 0 Å². The van der Waals surface area contributed by atoms with Gasteiger partial charge in [-0.05, 0) is 43.2 Å². The molecular formula is C16H18N2O. The van der Waals surface area contributed by atoms with E-state index in [-0.39, 0.29) is 11.8 Å². The van der Waals surface area contributed by atoms with Crippen LogP contribution in [0.15, 0.2) is 48.5 Å². The number of benzene rings is 2. The van der Waals surface area contributed by atoms with Crippen molar-refractivity contribution in [1.82, 2.24) is 0 Å². The Morgan fingerprint density at radius 3 is 2.47 bits per heavy atom. The maximum atomic E-state index is 12.2. The first kappa shape index (κ1) is 13.1. The van der Waals surface area contributed by atoms with Gasteiger partial charge in [0.2, 0.25) is 5.91 Å². The van der Waals surface area contributed by atoms with Crippen LogP contribution in [0.4, 0.5) is 11.4 Å². The largest absolute Gasteiger partial charge is 0.399 e. The third-order valence-corrected chi connectivity index (χ3v) is 3.23. The second-order valence-corrected chi connectivity index (χ2v) is 4.69. The number of carbonyl (C=O) groups is 1. The van der Waals surface area contributed by atoms with E-state index in [2.05, 4.69) is 5.32 Å². The van der Waals surface area contributed by atoms with Gasteiger partial charge in [0, 0.05) is 11.4 Å². The monoisotopic (exact) mass is 254 g/mol. The maximum Gasteiger partial charge on any atom is 0.231 e. The number of hydrogen-bond donors (Lipinski definition) is 2. The fourth-order valence-corrected chi connectivity index (χ4v) is 1.90. The molecule has 0 spiro atoms. The smallest absolute Gasteiger partial charge is 0.231 e. The van der Waals surface area contributed by atoms with Crippen molar-refractivity contribution in [3.8, 4) is 0 Å². The molecule has 1 atom stereocenters. The molecular weight excluding hydrogens is 236 g/mol. The Kier molecular flexibility index (Phi) is 3.85. The first-order valence-corrected chi connectivity index (χ1v) is 6.30. The summed E-state index contributed by atoms with van der Waals surface area (Å²) in [5, 5.41) is 2.91. The molecule has 2 rings (SSSR count). The lowest BCUT2D eigenvalue weighted by atomic mass is 10.0. The Balaban J connectivity index is 2.10. The number of aryl methyl sites for hydroxylation is 1. The van der Waals surface area contributed by atoms with Crippen LogP contribution in [-0.2, 0) is 4.79 Å². The van der Waals surface area contributed by atoms with Crippen molar-refractivity contribution in [2.45, 2.75) is 19.8 Å². The SMILES string of the molecule is Cc1cc(NC(=O)C(C)c2ccccc2)ccc1N. The average molecular weight is 254 g/mol. The molecule has 19 heavy (non-hydrogen) atoms. The number of carbonyl (C=O) groups excluding carboxylic acids is 1. The highest BCUT2D eigenvalue weighted by Gasteiger charge is 2.14. The molecule has 2 aromatic rings. The summed E-state index contributed by atoms with van der Waals surface area (Å²) in [4.78, 5) is 12.2. The molecule has 0 saturated carbocycles. The van der Waals surface area contributed by atoms with Gasteiger partial charge in [0.25, 0.3) is 0 Å².